The Bertz CT molecular complexity index is 283. The highest BCUT2D eigenvalue weighted by Crippen LogP contribution is 2.43. The number of piperidine rings is 1. The van der Waals surface area contributed by atoms with Gasteiger partial charge in [-0.25, -0.2) is 0 Å². The van der Waals surface area contributed by atoms with Gasteiger partial charge in [-0.15, -0.1) is 0 Å². The number of hydrogen-bond donors (Lipinski definition) is 2. The van der Waals surface area contributed by atoms with E-state index < -0.39 is 0 Å². The van der Waals surface area contributed by atoms with E-state index in [2.05, 4.69) is 19.2 Å². The Morgan fingerprint density at radius 2 is 2.06 bits per heavy atom. The van der Waals surface area contributed by atoms with E-state index in [1.807, 2.05) is 0 Å². The van der Waals surface area contributed by atoms with Crippen LogP contribution < -0.4 is 5.32 Å². The van der Waals surface area contributed by atoms with Gasteiger partial charge in [-0.2, -0.15) is 0 Å². The Hall–Kier alpha value is -0.610. The van der Waals surface area contributed by atoms with Crippen molar-refractivity contribution in [1.82, 2.24) is 10.2 Å². The molecule has 2 rings (SSSR count). The number of likely N-dealkylation sites (tertiary alicyclic amines) is 1. The molecular formula is C13H24N2O2. The van der Waals surface area contributed by atoms with Crippen LogP contribution in [0.4, 0.5) is 0 Å². The van der Waals surface area contributed by atoms with Crippen LogP contribution in [-0.4, -0.2) is 48.2 Å². The predicted molar refractivity (Wildman–Crippen MR) is 66.6 cm³/mol. The van der Waals surface area contributed by atoms with Crippen molar-refractivity contribution in [3.8, 4) is 0 Å². The van der Waals surface area contributed by atoms with Crippen molar-refractivity contribution in [2.75, 3.05) is 26.2 Å². The molecule has 1 spiro atoms. The maximum Gasteiger partial charge on any atom is 0.248 e. The van der Waals surface area contributed by atoms with Crippen molar-refractivity contribution < 1.29 is 9.90 Å². The number of carbonyl (C=O) groups excluding carboxylic acids is 1. The summed E-state index contributed by atoms with van der Waals surface area (Å²) in [4.78, 5) is 13.3. The number of nitrogens with one attached hydrogen (secondary N) is 1. The lowest BCUT2D eigenvalue weighted by atomic mass is 9.69. The summed E-state index contributed by atoms with van der Waals surface area (Å²) >= 11 is 0. The first-order chi connectivity index (χ1) is 8.09. The number of aliphatic hydroxyl groups excluding tert-OH is 1. The zero-order valence-corrected chi connectivity index (χ0v) is 10.9. The zero-order chi connectivity index (χ0) is 12.5. The molecule has 2 heterocycles. The lowest BCUT2D eigenvalue weighted by Gasteiger charge is -2.44. The molecule has 2 fully saturated rings. The summed E-state index contributed by atoms with van der Waals surface area (Å²) in [7, 11) is 0. The summed E-state index contributed by atoms with van der Waals surface area (Å²) in [6.07, 6.45) is 3.39. The van der Waals surface area contributed by atoms with Gasteiger partial charge >= 0.3 is 0 Å². The molecule has 0 aromatic heterocycles. The van der Waals surface area contributed by atoms with Crippen molar-refractivity contribution in [3.05, 3.63) is 0 Å². The summed E-state index contributed by atoms with van der Waals surface area (Å²) in [5.41, 5.74) is 0.389. The van der Waals surface area contributed by atoms with Gasteiger partial charge in [-0.1, -0.05) is 13.8 Å². The summed E-state index contributed by atoms with van der Waals surface area (Å²) < 4.78 is 0. The van der Waals surface area contributed by atoms with Crippen molar-refractivity contribution >= 4 is 5.91 Å². The van der Waals surface area contributed by atoms with Crippen LogP contribution in [0.1, 0.15) is 33.1 Å². The summed E-state index contributed by atoms with van der Waals surface area (Å²) in [5, 5.41) is 12.5. The van der Waals surface area contributed by atoms with Crippen LogP contribution >= 0.6 is 0 Å². The Balaban J connectivity index is 1.99. The number of rotatable bonds is 2. The molecule has 2 aliphatic heterocycles. The van der Waals surface area contributed by atoms with Gasteiger partial charge in [0, 0.05) is 19.1 Å². The molecule has 2 saturated heterocycles. The Morgan fingerprint density at radius 1 is 1.41 bits per heavy atom. The number of hydrogen-bond acceptors (Lipinski definition) is 3. The van der Waals surface area contributed by atoms with Crippen LogP contribution in [0, 0.1) is 11.3 Å². The predicted octanol–water partition coefficient (Wildman–Crippen LogP) is 0.605. The fourth-order valence-corrected chi connectivity index (χ4v) is 3.65. The monoisotopic (exact) mass is 240 g/mol. The van der Waals surface area contributed by atoms with E-state index in [-0.39, 0.29) is 12.5 Å². The minimum atomic E-state index is -0.348. The third-order valence-corrected chi connectivity index (χ3v) is 4.56. The van der Waals surface area contributed by atoms with E-state index in [0.717, 1.165) is 32.5 Å². The smallest absolute Gasteiger partial charge is 0.248 e. The highest BCUT2D eigenvalue weighted by molar-refractivity contribution is 5.77. The van der Waals surface area contributed by atoms with Gasteiger partial charge in [-0.3, -0.25) is 4.79 Å². The van der Waals surface area contributed by atoms with Gasteiger partial charge < -0.3 is 15.3 Å². The third-order valence-electron chi connectivity index (χ3n) is 4.56. The Kier molecular flexibility index (Phi) is 3.73. The SMILES string of the molecule is CC(C)C1NCCC12CCN(C(=O)CO)CC2. The minimum Gasteiger partial charge on any atom is -0.387 e. The highest BCUT2D eigenvalue weighted by atomic mass is 16.3. The molecule has 1 atom stereocenters. The molecule has 0 aromatic rings. The lowest BCUT2D eigenvalue weighted by Crippen LogP contribution is -2.50. The Labute approximate surface area is 103 Å². The second kappa shape index (κ2) is 4.94. The van der Waals surface area contributed by atoms with Gasteiger partial charge in [0.05, 0.1) is 0 Å². The van der Waals surface area contributed by atoms with Gasteiger partial charge in [0.2, 0.25) is 5.91 Å². The van der Waals surface area contributed by atoms with Crippen LogP contribution in [0.25, 0.3) is 0 Å². The van der Waals surface area contributed by atoms with Crippen molar-refractivity contribution in [3.63, 3.8) is 0 Å². The van der Waals surface area contributed by atoms with E-state index in [0.29, 0.717) is 17.4 Å². The minimum absolute atomic E-state index is 0.119. The molecule has 2 N–H and O–H groups in total. The third kappa shape index (κ3) is 2.33. The normalized spacial score (nSPS) is 28.0. The van der Waals surface area contributed by atoms with Crippen molar-refractivity contribution in [2.24, 2.45) is 11.3 Å². The number of nitrogens with zero attached hydrogens (tertiary/aromatic N) is 1. The van der Waals surface area contributed by atoms with Gasteiger partial charge in [0.25, 0.3) is 0 Å². The number of aliphatic hydroxyl groups is 1. The average Bonchev–Trinajstić information content (AvgIpc) is 2.73. The lowest BCUT2D eigenvalue weighted by molar-refractivity contribution is -0.136. The molecular weight excluding hydrogens is 216 g/mol. The Morgan fingerprint density at radius 3 is 2.59 bits per heavy atom. The van der Waals surface area contributed by atoms with E-state index in [4.69, 9.17) is 5.11 Å². The standard InChI is InChI=1S/C13H24N2O2/c1-10(2)12-13(3-6-14-12)4-7-15(8-5-13)11(17)9-16/h10,12,14,16H,3-9H2,1-2H3. The quantitative estimate of drug-likeness (QED) is 0.743. The molecule has 2 aliphatic rings. The molecule has 17 heavy (non-hydrogen) atoms. The van der Waals surface area contributed by atoms with Crippen LogP contribution in [-0.2, 0) is 4.79 Å². The molecule has 0 bridgehead atoms. The van der Waals surface area contributed by atoms with Gasteiger partial charge in [-0.05, 0) is 37.1 Å². The first-order valence-corrected chi connectivity index (χ1v) is 6.71. The second-order valence-electron chi connectivity index (χ2n) is 5.83. The molecule has 0 aliphatic carbocycles. The first-order valence-electron chi connectivity index (χ1n) is 6.71. The van der Waals surface area contributed by atoms with Crippen LogP contribution in [0.5, 0.6) is 0 Å². The molecule has 0 saturated carbocycles. The summed E-state index contributed by atoms with van der Waals surface area (Å²) in [6.45, 7) is 6.93. The largest absolute Gasteiger partial charge is 0.387 e. The molecule has 4 nitrogen and oxygen atoms in total. The van der Waals surface area contributed by atoms with E-state index in [9.17, 15) is 4.79 Å². The summed E-state index contributed by atoms with van der Waals surface area (Å²) in [5.74, 6) is 0.532. The van der Waals surface area contributed by atoms with Crippen molar-refractivity contribution in [1.29, 1.82) is 0 Å². The molecule has 1 amide bonds. The average molecular weight is 240 g/mol. The maximum absolute atomic E-state index is 11.4. The zero-order valence-electron chi connectivity index (χ0n) is 10.9. The van der Waals surface area contributed by atoms with E-state index in [1.54, 1.807) is 4.90 Å². The maximum atomic E-state index is 11.4. The molecule has 0 aromatic carbocycles. The van der Waals surface area contributed by atoms with E-state index >= 15 is 0 Å². The van der Waals surface area contributed by atoms with Gasteiger partial charge in [0.1, 0.15) is 6.61 Å². The highest BCUT2D eigenvalue weighted by Gasteiger charge is 2.46. The fourth-order valence-electron chi connectivity index (χ4n) is 3.65. The molecule has 98 valence electrons. The van der Waals surface area contributed by atoms with Crippen molar-refractivity contribution in [2.45, 2.75) is 39.2 Å². The number of carbonyl (C=O) groups is 1. The number of amides is 1. The summed E-state index contributed by atoms with van der Waals surface area (Å²) in [6, 6.07) is 0.592. The molecule has 1 unspecified atom stereocenters. The molecule has 4 heteroatoms. The van der Waals surface area contributed by atoms with E-state index in [1.165, 1.54) is 6.42 Å². The second-order valence-corrected chi connectivity index (χ2v) is 5.83. The van der Waals surface area contributed by atoms with Crippen LogP contribution in [0.2, 0.25) is 0 Å². The van der Waals surface area contributed by atoms with Gasteiger partial charge in [0.15, 0.2) is 0 Å². The fraction of sp³-hybridized carbons (Fsp3) is 0.923. The van der Waals surface area contributed by atoms with Crippen LogP contribution in [0.3, 0.4) is 0 Å². The molecule has 0 radical (unpaired) electrons. The first kappa shape index (κ1) is 12.8. The van der Waals surface area contributed by atoms with Crippen LogP contribution in [0.15, 0.2) is 0 Å². The topological polar surface area (TPSA) is 52.6 Å².